The minimum absolute atomic E-state index is 0.0537. The first-order chi connectivity index (χ1) is 9.95. The van der Waals surface area contributed by atoms with Crippen LogP contribution in [-0.4, -0.2) is 37.0 Å². The molecule has 7 nitrogen and oxygen atoms in total. The van der Waals surface area contributed by atoms with Crippen LogP contribution in [0.4, 0.5) is 0 Å². The molecule has 1 rings (SSSR count). The molecule has 0 aliphatic carbocycles. The van der Waals surface area contributed by atoms with Crippen LogP contribution < -0.4 is 10.0 Å². The Kier molecular flexibility index (Phi) is 5.31. The number of carbonyl (C=O) groups excluding carboxylic acids is 1. The van der Waals surface area contributed by atoms with Crippen LogP contribution in [0.15, 0.2) is 29.2 Å². The smallest absolute Gasteiger partial charge is 0.328 e. The number of amides is 1. The van der Waals surface area contributed by atoms with Gasteiger partial charge in [0.15, 0.2) is 0 Å². The molecule has 1 aromatic rings. The number of carboxylic acids is 1. The van der Waals surface area contributed by atoms with Crippen molar-refractivity contribution in [3.63, 3.8) is 0 Å². The van der Waals surface area contributed by atoms with E-state index in [0.717, 1.165) is 0 Å². The number of hydrogen-bond donors (Lipinski definition) is 3. The Morgan fingerprint density at radius 3 is 2.32 bits per heavy atom. The predicted octanol–water partition coefficient (Wildman–Crippen LogP) is 0.966. The van der Waals surface area contributed by atoms with E-state index in [1.807, 2.05) is 0 Å². The summed E-state index contributed by atoms with van der Waals surface area (Å²) in [5, 5.41) is 11.3. The normalized spacial score (nSPS) is 12.2. The first-order valence-corrected chi connectivity index (χ1v) is 8.12. The third kappa shape index (κ3) is 4.54. The van der Waals surface area contributed by atoms with Gasteiger partial charge in [0.05, 0.1) is 4.90 Å². The van der Waals surface area contributed by atoms with Crippen molar-refractivity contribution >= 4 is 21.9 Å². The lowest BCUT2D eigenvalue weighted by molar-refractivity contribution is -0.143. The minimum atomic E-state index is -3.72. The summed E-state index contributed by atoms with van der Waals surface area (Å²) in [5.74, 6) is -1.85. The summed E-state index contributed by atoms with van der Waals surface area (Å²) < 4.78 is 26.6. The van der Waals surface area contributed by atoms with Gasteiger partial charge in [-0.25, -0.2) is 17.9 Å². The molecule has 0 bridgehead atoms. The van der Waals surface area contributed by atoms with E-state index >= 15 is 0 Å². The van der Waals surface area contributed by atoms with Crippen LogP contribution in [0.1, 0.15) is 38.1 Å². The molecule has 0 unspecified atom stereocenters. The van der Waals surface area contributed by atoms with Crippen molar-refractivity contribution in [1.82, 2.24) is 10.0 Å². The van der Waals surface area contributed by atoms with E-state index in [2.05, 4.69) is 10.0 Å². The maximum Gasteiger partial charge on any atom is 0.328 e. The minimum Gasteiger partial charge on any atom is -0.480 e. The van der Waals surface area contributed by atoms with Crippen molar-refractivity contribution in [1.29, 1.82) is 0 Å². The van der Waals surface area contributed by atoms with Crippen LogP contribution in [0.25, 0.3) is 0 Å². The third-order valence-electron chi connectivity index (χ3n) is 2.76. The molecule has 0 saturated heterocycles. The highest BCUT2D eigenvalue weighted by atomic mass is 32.2. The molecular weight excluding hydrogens is 308 g/mol. The Morgan fingerprint density at radius 1 is 1.23 bits per heavy atom. The topological polar surface area (TPSA) is 113 Å². The van der Waals surface area contributed by atoms with Gasteiger partial charge in [0.1, 0.15) is 5.54 Å². The van der Waals surface area contributed by atoms with Gasteiger partial charge in [-0.1, -0.05) is 6.07 Å². The molecule has 0 heterocycles. The van der Waals surface area contributed by atoms with Gasteiger partial charge in [-0.15, -0.1) is 0 Å². The lowest BCUT2D eigenvalue weighted by Crippen LogP contribution is -2.49. The first-order valence-electron chi connectivity index (χ1n) is 6.64. The van der Waals surface area contributed by atoms with E-state index in [1.54, 1.807) is 13.8 Å². The fourth-order valence-corrected chi connectivity index (χ4v) is 2.89. The highest BCUT2D eigenvalue weighted by Crippen LogP contribution is 2.13. The van der Waals surface area contributed by atoms with Crippen molar-refractivity contribution in [3.05, 3.63) is 29.8 Å². The van der Waals surface area contributed by atoms with Gasteiger partial charge in [0.2, 0.25) is 10.0 Å². The molecule has 0 radical (unpaired) electrons. The van der Waals surface area contributed by atoms with E-state index in [0.29, 0.717) is 0 Å². The molecule has 0 aromatic heterocycles. The Morgan fingerprint density at radius 2 is 1.82 bits per heavy atom. The SMILES string of the molecule is CC(C)NS(=O)(=O)c1cccc(C(=O)NC(C)(C)C(=O)O)c1. The van der Waals surface area contributed by atoms with E-state index in [9.17, 15) is 18.0 Å². The average molecular weight is 328 g/mol. The second-order valence-corrected chi connectivity index (χ2v) is 7.40. The van der Waals surface area contributed by atoms with Gasteiger partial charge in [0.25, 0.3) is 5.91 Å². The Labute approximate surface area is 129 Å². The fraction of sp³-hybridized carbons (Fsp3) is 0.429. The van der Waals surface area contributed by atoms with E-state index in [4.69, 9.17) is 5.11 Å². The number of benzene rings is 1. The van der Waals surface area contributed by atoms with Crippen molar-refractivity contribution in [3.8, 4) is 0 Å². The highest BCUT2D eigenvalue weighted by Gasteiger charge is 2.29. The van der Waals surface area contributed by atoms with Crippen LogP contribution in [0, 0.1) is 0 Å². The van der Waals surface area contributed by atoms with Gasteiger partial charge in [0, 0.05) is 11.6 Å². The number of sulfonamides is 1. The van der Waals surface area contributed by atoms with Gasteiger partial charge in [-0.2, -0.15) is 0 Å². The van der Waals surface area contributed by atoms with E-state index in [-0.39, 0.29) is 16.5 Å². The van der Waals surface area contributed by atoms with Gasteiger partial charge in [-0.3, -0.25) is 4.79 Å². The zero-order chi connectivity index (χ0) is 17.1. The van der Waals surface area contributed by atoms with Gasteiger partial charge in [-0.05, 0) is 45.9 Å². The molecule has 122 valence electrons. The number of carboxylic acid groups (broad SMARTS) is 1. The molecule has 0 spiro atoms. The van der Waals surface area contributed by atoms with E-state index in [1.165, 1.54) is 38.1 Å². The zero-order valence-corrected chi connectivity index (χ0v) is 13.7. The van der Waals surface area contributed by atoms with Crippen LogP contribution >= 0.6 is 0 Å². The Bertz CT molecular complexity index is 680. The maximum atomic E-state index is 12.1. The molecule has 0 saturated carbocycles. The van der Waals surface area contributed by atoms with Gasteiger partial charge < -0.3 is 10.4 Å². The molecule has 0 fully saturated rings. The monoisotopic (exact) mass is 328 g/mol. The number of rotatable bonds is 6. The second kappa shape index (κ2) is 6.45. The predicted molar refractivity (Wildman–Crippen MR) is 81.1 cm³/mol. The number of hydrogen-bond acceptors (Lipinski definition) is 4. The summed E-state index contributed by atoms with van der Waals surface area (Å²) in [6.45, 7) is 6.05. The molecule has 22 heavy (non-hydrogen) atoms. The van der Waals surface area contributed by atoms with Crippen molar-refractivity contribution in [2.24, 2.45) is 0 Å². The summed E-state index contributed by atoms with van der Waals surface area (Å²) in [6, 6.07) is 5.13. The summed E-state index contributed by atoms with van der Waals surface area (Å²) in [6.07, 6.45) is 0. The zero-order valence-electron chi connectivity index (χ0n) is 12.9. The molecule has 0 aliphatic heterocycles. The largest absolute Gasteiger partial charge is 0.480 e. The first kappa shape index (κ1) is 18.1. The standard InChI is InChI=1S/C14H20N2O5S/c1-9(2)16-22(20,21)11-7-5-6-10(8-11)12(17)15-14(3,4)13(18)19/h5-9,16H,1-4H3,(H,15,17)(H,18,19). The molecule has 1 amide bonds. The number of nitrogens with one attached hydrogen (secondary N) is 2. The van der Waals surface area contributed by atoms with Gasteiger partial charge >= 0.3 is 5.97 Å². The highest BCUT2D eigenvalue weighted by molar-refractivity contribution is 7.89. The molecule has 8 heteroatoms. The molecular formula is C14H20N2O5S. The summed E-state index contributed by atoms with van der Waals surface area (Å²) in [7, 11) is -3.72. The summed E-state index contributed by atoms with van der Waals surface area (Å²) in [4.78, 5) is 23.0. The second-order valence-electron chi connectivity index (χ2n) is 5.69. The Hall–Kier alpha value is -1.93. The summed E-state index contributed by atoms with van der Waals surface area (Å²) in [5.41, 5.74) is -1.39. The molecule has 1 aromatic carbocycles. The lowest BCUT2D eigenvalue weighted by atomic mass is 10.1. The number of carbonyl (C=O) groups is 2. The van der Waals surface area contributed by atoms with Crippen molar-refractivity contribution in [2.45, 2.75) is 44.2 Å². The van der Waals surface area contributed by atoms with Crippen LogP contribution in [0.3, 0.4) is 0 Å². The maximum absolute atomic E-state index is 12.1. The Balaban J connectivity index is 3.07. The number of aliphatic carboxylic acids is 1. The third-order valence-corrected chi connectivity index (χ3v) is 4.41. The van der Waals surface area contributed by atoms with Crippen LogP contribution in [-0.2, 0) is 14.8 Å². The van der Waals surface area contributed by atoms with Crippen LogP contribution in [0.5, 0.6) is 0 Å². The molecule has 3 N–H and O–H groups in total. The fourth-order valence-electron chi connectivity index (χ4n) is 1.59. The molecule has 0 atom stereocenters. The molecule has 0 aliphatic rings. The van der Waals surface area contributed by atoms with E-state index < -0.39 is 27.4 Å². The van der Waals surface area contributed by atoms with Crippen molar-refractivity contribution in [2.75, 3.05) is 0 Å². The average Bonchev–Trinajstić information content (AvgIpc) is 2.36. The van der Waals surface area contributed by atoms with Crippen molar-refractivity contribution < 1.29 is 23.1 Å². The van der Waals surface area contributed by atoms with Crippen LogP contribution in [0.2, 0.25) is 0 Å². The lowest BCUT2D eigenvalue weighted by Gasteiger charge is -2.21. The quantitative estimate of drug-likeness (QED) is 0.720. The summed E-state index contributed by atoms with van der Waals surface area (Å²) >= 11 is 0.